The molecule has 1 heterocycles. The highest BCUT2D eigenvalue weighted by atomic mass is 19.1. The predicted molar refractivity (Wildman–Crippen MR) is 84.6 cm³/mol. The van der Waals surface area contributed by atoms with E-state index < -0.39 is 34.8 Å². The number of benzene rings is 2. The van der Waals surface area contributed by atoms with Crippen molar-refractivity contribution in [1.29, 1.82) is 0 Å². The molecule has 1 fully saturated rings. The van der Waals surface area contributed by atoms with Gasteiger partial charge in [0.15, 0.2) is 0 Å². The molecule has 1 aliphatic rings. The summed E-state index contributed by atoms with van der Waals surface area (Å²) in [5, 5.41) is 0. The Labute approximate surface area is 142 Å². The van der Waals surface area contributed by atoms with Crippen molar-refractivity contribution in [1.82, 2.24) is 9.80 Å². The first-order chi connectivity index (χ1) is 12.0. The van der Waals surface area contributed by atoms with Gasteiger partial charge in [-0.25, -0.2) is 13.2 Å². The Kier molecular flexibility index (Phi) is 4.74. The first-order valence-electron chi connectivity index (χ1n) is 7.76. The molecule has 0 aromatic heterocycles. The van der Waals surface area contributed by atoms with E-state index in [1.807, 2.05) is 0 Å². The predicted octanol–water partition coefficient (Wildman–Crippen LogP) is 2.70. The smallest absolute Gasteiger partial charge is 0.259 e. The Morgan fingerprint density at radius 1 is 0.680 bits per heavy atom. The van der Waals surface area contributed by atoms with E-state index in [4.69, 9.17) is 0 Å². The number of nitrogens with zero attached hydrogens (tertiary/aromatic N) is 2. The van der Waals surface area contributed by atoms with Gasteiger partial charge in [-0.1, -0.05) is 18.2 Å². The second-order valence-electron chi connectivity index (χ2n) is 5.66. The molecule has 1 saturated heterocycles. The van der Waals surface area contributed by atoms with E-state index in [0.717, 1.165) is 12.1 Å². The van der Waals surface area contributed by atoms with Gasteiger partial charge in [0, 0.05) is 26.2 Å². The molecule has 0 saturated carbocycles. The zero-order valence-electron chi connectivity index (χ0n) is 13.2. The largest absolute Gasteiger partial charge is 0.335 e. The highest BCUT2D eigenvalue weighted by molar-refractivity contribution is 5.96. The third kappa shape index (κ3) is 3.35. The summed E-state index contributed by atoms with van der Waals surface area (Å²) in [6.45, 7) is 0.559. The third-order valence-corrected chi connectivity index (χ3v) is 4.13. The minimum atomic E-state index is -0.921. The van der Waals surface area contributed by atoms with E-state index in [1.165, 1.54) is 34.1 Å². The monoisotopic (exact) mass is 348 g/mol. The number of carbonyl (C=O) groups excluding carboxylic acids is 2. The molecule has 2 amide bonds. The van der Waals surface area contributed by atoms with E-state index in [-0.39, 0.29) is 31.7 Å². The molecule has 130 valence electrons. The molecule has 2 aromatic carbocycles. The minimum absolute atomic E-state index is 0.0394. The summed E-state index contributed by atoms with van der Waals surface area (Å²) >= 11 is 0. The number of rotatable bonds is 2. The fraction of sp³-hybridized carbons (Fsp3) is 0.222. The molecule has 3 rings (SSSR count). The van der Waals surface area contributed by atoms with Gasteiger partial charge < -0.3 is 9.80 Å². The Morgan fingerprint density at radius 2 is 1.16 bits per heavy atom. The molecule has 0 aliphatic carbocycles. The minimum Gasteiger partial charge on any atom is -0.335 e. The molecule has 0 N–H and O–H groups in total. The molecule has 1 aliphatic heterocycles. The number of hydrogen-bond donors (Lipinski definition) is 0. The van der Waals surface area contributed by atoms with Crippen molar-refractivity contribution in [3.63, 3.8) is 0 Å². The van der Waals surface area contributed by atoms with Crippen LogP contribution in [0.5, 0.6) is 0 Å². The van der Waals surface area contributed by atoms with Gasteiger partial charge in [0.2, 0.25) is 0 Å². The molecule has 0 bridgehead atoms. The lowest BCUT2D eigenvalue weighted by molar-refractivity contribution is 0.0527. The summed E-state index contributed by atoms with van der Waals surface area (Å²) < 4.78 is 41.2. The number of amides is 2. The maximum atomic E-state index is 13.7. The molecule has 2 aromatic rings. The first kappa shape index (κ1) is 17.0. The Morgan fingerprint density at radius 3 is 1.72 bits per heavy atom. The van der Waals surface area contributed by atoms with Crippen LogP contribution in [0.25, 0.3) is 0 Å². The van der Waals surface area contributed by atoms with Crippen LogP contribution in [0.1, 0.15) is 20.7 Å². The van der Waals surface area contributed by atoms with Crippen LogP contribution in [0.3, 0.4) is 0 Å². The van der Waals surface area contributed by atoms with Crippen molar-refractivity contribution >= 4 is 11.8 Å². The third-order valence-electron chi connectivity index (χ3n) is 4.13. The van der Waals surface area contributed by atoms with Crippen molar-refractivity contribution in [3.8, 4) is 0 Å². The van der Waals surface area contributed by atoms with Crippen molar-refractivity contribution < 1.29 is 22.8 Å². The molecule has 0 unspecified atom stereocenters. The van der Waals surface area contributed by atoms with E-state index in [9.17, 15) is 22.8 Å². The molecule has 0 atom stereocenters. The molecular formula is C18H15F3N2O2. The maximum absolute atomic E-state index is 13.7. The van der Waals surface area contributed by atoms with Crippen LogP contribution in [0.2, 0.25) is 0 Å². The van der Waals surface area contributed by atoms with Gasteiger partial charge >= 0.3 is 0 Å². The fourth-order valence-corrected chi connectivity index (χ4v) is 2.78. The zero-order valence-corrected chi connectivity index (χ0v) is 13.2. The van der Waals surface area contributed by atoms with Gasteiger partial charge in [-0.05, 0) is 24.3 Å². The first-order valence-corrected chi connectivity index (χ1v) is 7.76. The summed E-state index contributed by atoms with van der Waals surface area (Å²) in [6.07, 6.45) is 0. The molecule has 4 nitrogen and oxygen atoms in total. The van der Waals surface area contributed by atoms with Gasteiger partial charge in [0.1, 0.15) is 23.0 Å². The van der Waals surface area contributed by atoms with Crippen LogP contribution in [-0.4, -0.2) is 47.8 Å². The van der Waals surface area contributed by atoms with Crippen LogP contribution < -0.4 is 0 Å². The second kappa shape index (κ2) is 6.96. The van der Waals surface area contributed by atoms with Gasteiger partial charge in [0.05, 0.1) is 5.56 Å². The normalized spacial score (nSPS) is 14.5. The highest BCUT2D eigenvalue weighted by Gasteiger charge is 2.29. The average Bonchev–Trinajstić information content (AvgIpc) is 2.61. The fourth-order valence-electron chi connectivity index (χ4n) is 2.78. The molecule has 0 radical (unpaired) electrons. The Balaban J connectivity index is 1.69. The van der Waals surface area contributed by atoms with E-state index in [2.05, 4.69) is 0 Å². The summed E-state index contributed by atoms with van der Waals surface area (Å²) in [4.78, 5) is 27.4. The van der Waals surface area contributed by atoms with E-state index in [0.29, 0.717) is 0 Å². The molecule has 0 spiro atoms. The second-order valence-corrected chi connectivity index (χ2v) is 5.66. The van der Waals surface area contributed by atoms with Crippen molar-refractivity contribution in [2.24, 2.45) is 0 Å². The SMILES string of the molecule is O=C(c1ccccc1F)N1CCN(C(=O)c2c(F)cccc2F)CC1. The Hall–Kier alpha value is -2.83. The van der Waals surface area contributed by atoms with Crippen LogP contribution in [0, 0.1) is 17.5 Å². The topological polar surface area (TPSA) is 40.6 Å². The lowest BCUT2D eigenvalue weighted by Gasteiger charge is -2.35. The lowest BCUT2D eigenvalue weighted by Crippen LogP contribution is -2.51. The molecule has 7 heteroatoms. The lowest BCUT2D eigenvalue weighted by atomic mass is 10.1. The van der Waals surface area contributed by atoms with Crippen molar-refractivity contribution in [2.75, 3.05) is 26.2 Å². The summed E-state index contributed by atoms with van der Waals surface area (Å²) in [5.74, 6) is -3.68. The van der Waals surface area contributed by atoms with Crippen molar-refractivity contribution in [3.05, 3.63) is 71.0 Å². The van der Waals surface area contributed by atoms with Crippen LogP contribution >= 0.6 is 0 Å². The number of halogens is 3. The summed E-state index contributed by atoms with van der Waals surface area (Å²) in [7, 11) is 0. The van der Waals surface area contributed by atoms with E-state index in [1.54, 1.807) is 6.07 Å². The van der Waals surface area contributed by atoms with Gasteiger partial charge in [-0.15, -0.1) is 0 Å². The molecular weight excluding hydrogens is 333 g/mol. The summed E-state index contributed by atoms with van der Waals surface area (Å²) in [6, 6.07) is 8.88. The zero-order chi connectivity index (χ0) is 18.0. The summed E-state index contributed by atoms with van der Waals surface area (Å²) in [5.41, 5.74) is -0.640. The maximum Gasteiger partial charge on any atom is 0.259 e. The average molecular weight is 348 g/mol. The number of carbonyl (C=O) groups is 2. The number of hydrogen-bond acceptors (Lipinski definition) is 2. The van der Waals surface area contributed by atoms with Crippen LogP contribution in [0.15, 0.2) is 42.5 Å². The van der Waals surface area contributed by atoms with Gasteiger partial charge in [-0.3, -0.25) is 9.59 Å². The van der Waals surface area contributed by atoms with Crippen LogP contribution in [0.4, 0.5) is 13.2 Å². The van der Waals surface area contributed by atoms with Crippen LogP contribution in [-0.2, 0) is 0 Å². The standard InChI is InChI=1S/C18H15F3N2O2/c19-13-5-2-1-4-12(13)17(24)22-8-10-23(11-9-22)18(25)16-14(20)6-3-7-15(16)21/h1-7H,8-11H2. The quantitative estimate of drug-likeness (QED) is 0.837. The Bertz CT molecular complexity index is 797. The van der Waals surface area contributed by atoms with Gasteiger partial charge in [0.25, 0.3) is 11.8 Å². The number of piperazine rings is 1. The highest BCUT2D eigenvalue weighted by Crippen LogP contribution is 2.17. The van der Waals surface area contributed by atoms with E-state index >= 15 is 0 Å². The molecule has 25 heavy (non-hydrogen) atoms. The van der Waals surface area contributed by atoms with Crippen molar-refractivity contribution in [2.45, 2.75) is 0 Å². The van der Waals surface area contributed by atoms with Gasteiger partial charge in [-0.2, -0.15) is 0 Å².